The summed E-state index contributed by atoms with van der Waals surface area (Å²) in [4.78, 5) is 0. The summed E-state index contributed by atoms with van der Waals surface area (Å²) in [5.74, 6) is 3.96. The van der Waals surface area contributed by atoms with Gasteiger partial charge >= 0.3 is 0 Å². The molecule has 0 aliphatic carbocycles. The zero-order valence-corrected chi connectivity index (χ0v) is 11.0. The van der Waals surface area contributed by atoms with E-state index in [9.17, 15) is 5.11 Å². The van der Waals surface area contributed by atoms with Crippen LogP contribution in [0.25, 0.3) is 0 Å². The van der Waals surface area contributed by atoms with Crippen LogP contribution in [-0.4, -0.2) is 30.8 Å². The summed E-state index contributed by atoms with van der Waals surface area (Å²) < 4.78 is 10.5. The van der Waals surface area contributed by atoms with Crippen molar-refractivity contribution in [1.82, 2.24) is 0 Å². The molecule has 1 saturated heterocycles. The predicted molar refractivity (Wildman–Crippen MR) is 69.9 cm³/mol. The normalized spacial score (nSPS) is 21.2. The summed E-state index contributed by atoms with van der Waals surface area (Å²) in [7, 11) is 3.25. The largest absolute Gasteiger partial charge is 0.497 e. The maximum absolute atomic E-state index is 10.4. The Morgan fingerprint density at radius 1 is 1.35 bits per heavy atom. The van der Waals surface area contributed by atoms with Crippen LogP contribution in [0.2, 0.25) is 0 Å². The third-order valence-electron chi connectivity index (χ3n) is 3.17. The van der Waals surface area contributed by atoms with Crippen LogP contribution in [0, 0.1) is 5.92 Å². The lowest BCUT2D eigenvalue weighted by Crippen LogP contribution is -2.13. The minimum Gasteiger partial charge on any atom is -0.497 e. The molecule has 1 heterocycles. The maximum Gasteiger partial charge on any atom is 0.124 e. The Morgan fingerprint density at radius 2 is 2.18 bits per heavy atom. The van der Waals surface area contributed by atoms with Crippen LogP contribution < -0.4 is 9.47 Å². The molecule has 2 unspecified atom stereocenters. The van der Waals surface area contributed by atoms with E-state index in [1.54, 1.807) is 14.2 Å². The van der Waals surface area contributed by atoms with E-state index in [2.05, 4.69) is 0 Å². The van der Waals surface area contributed by atoms with E-state index < -0.39 is 6.10 Å². The monoisotopic (exact) mass is 254 g/mol. The predicted octanol–water partition coefficient (Wildman–Crippen LogP) is 2.49. The first kappa shape index (κ1) is 12.6. The van der Waals surface area contributed by atoms with E-state index in [1.165, 1.54) is 0 Å². The van der Waals surface area contributed by atoms with E-state index in [4.69, 9.17) is 9.47 Å². The second-order valence-corrected chi connectivity index (χ2v) is 5.33. The number of aliphatic hydroxyl groups excluding tert-OH is 1. The van der Waals surface area contributed by atoms with Gasteiger partial charge in [-0.15, -0.1) is 0 Å². The summed E-state index contributed by atoms with van der Waals surface area (Å²) in [5.41, 5.74) is 0.833. The average Bonchev–Trinajstić information content (AvgIpc) is 2.91. The topological polar surface area (TPSA) is 38.7 Å². The Hall–Kier alpha value is -0.870. The molecule has 0 radical (unpaired) electrons. The van der Waals surface area contributed by atoms with Gasteiger partial charge in [0, 0.05) is 5.56 Å². The summed E-state index contributed by atoms with van der Waals surface area (Å²) in [6.07, 6.45) is 0.599. The van der Waals surface area contributed by atoms with Crippen molar-refractivity contribution in [2.45, 2.75) is 12.5 Å². The summed E-state index contributed by atoms with van der Waals surface area (Å²) in [5, 5.41) is 10.4. The zero-order chi connectivity index (χ0) is 12.3. The van der Waals surface area contributed by atoms with E-state index in [-0.39, 0.29) is 0 Å². The van der Waals surface area contributed by atoms with Crippen LogP contribution in [0.3, 0.4) is 0 Å². The highest BCUT2D eigenvalue weighted by molar-refractivity contribution is 7.99. The molecular weight excluding hydrogens is 236 g/mol. The fourth-order valence-corrected chi connectivity index (χ4v) is 3.41. The van der Waals surface area contributed by atoms with Crippen LogP contribution in [-0.2, 0) is 0 Å². The molecule has 2 rings (SSSR count). The molecule has 0 bridgehead atoms. The fraction of sp³-hybridized carbons (Fsp3) is 0.538. The highest BCUT2D eigenvalue weighted by Gasteiger charge is 2.27. The second kappa shape index (κ2) is 5.65. The first-order chi connectivity index (χ1) is 8.26. The van der Waals surface area contributed by atoms with Gasteiger partial charge in [-0.3, -0.25) is 0 Å². The first-order valence-corrected chi connectivity index (χ1v) is 6.89. The Balaban J connectivity index is 2.27. The third-order valence-corrected chi connectivity index (χ3v) is 4.36. The van der Waals surface area contributed by atoms with Crippen LogP contribution >= 0.6 is 11.8 Å². The average molecular weight is 254 g/mol. The number of hydrogen-bond donors (Lipinski definition) is 1. The lowest BCUT2D eigenvalue weighted by atomic mass is 9.94. The number of benzene rings is 1. The van der Waals surface area contributed by atoms with Crippen molar-refractivity contribution in [3.05, 3.63) is 23.8 Å². The molecule has 1 fully saturated rings. The molecule has 17 heavy (non-hydrogen) atoms. The number of aliphatic hydroxyl groups is 1. The van der Waals surface area contributed by atoms with Gasteiger partial charge in [-0.1, -0.05) is 0 Å². The zero-order valence-electron chi connectivity index (χ0n) is 10.2. The lowest BCUT2D eigenvalue weighted by Gasteiger charge is -2.20. The van der Waals surface area contributed by atoms with E-state index in [1.807, 2.05) is 30.0 Å². The van der Waals surface area contributed by atoms with Gasteiger partial charge < -0.3 is 14.6 Å². The summed E-state index contributed by atoms with van der Waals surface area (Å²) >= 11 is 1.90. The number of thioether (sulfide) groups is 1. The molecule has 0 saturated carbocycles. The Morgan fingerprint density at radius 3 is 2.76 bits per heavy atom. The highest BCUT2D eigenvalue weighted by Crippen LogP contribution is 2.38. The molecule has 0 aromatic heterocycles. The molecule has 0 amide bonds. The molecule has 94 valence electrons. The molecule has 1 aliphatic rings. The van der Waals surface area contributed by atoms with Crippen molar-refractivity contribution in [1.29, 1.82) is 0 Å². The quantitative estimate of drug-likeness (QED) is 0.896. The molecule has 0 spiro atoms. The molecule has 2 atom stereocenters. The smallest absolute Gasteiger partial charge is 0.124 e. The van der Waals surface area contributed by atoms with Crippen molar-refractivity contribution >= 4 is 11.8 Å². The lowest BCUT2D eigenvalue weighted by molar-refractivity contribution is 0.118. The number of rotatable bonds is 4. The Labute approximate surface area is 106 Å². The van der Waals surface area contributed by atoms with Gasteiger partial charge in [-0.05, 0) is 42.0 Å². The van der Waals surface area contributed by atoms with Crippen LogP contribution in [0.5, 0.6) is 11.5 Å². The van der Waals surface area contributed by atoms with Gasteiger partial charge in [0.1, 0.15) is 11.5 Å². The number of hydrogen-bond acceptors (Lipinski definition) is 4. The molecule has 1 aromatic carbocycles. The Kier molecular flexibility index (Phi) is 4.18. The van der Waals surface area contributed by atoms with Gasteiger partial charge in [-0.2, -0.15) is 11.8 Å². The van der Waals surface area contributed by atoms with E-state index in [0.29, 0.717) is 5.92 Å². The first-order valence-electron chi connectivity index (χ1n) is 5.74. The van der Waals surface area contributed by atoms with Crippen molar-refractivity contribution in [2.75, 3.05) is 25.7 Å². The molecular formula is C13H18O3S. The third kappa shape index (κ3) is 2.69. The van der Waals surface area contributed by atoms with Gasteiger partial charge in [0.2, 0.25) is 0 Å². The van der Waals surface area contributed by atoms with Crippen molar-refractivity contribution in [2.24, 2.45) is 5.92 Å². The highest BCUT2D eigenvalue weighted by atomic mass is 32.2. The van der Waals surface area contributed by atoms with Gasteiger partial charge in [0.05, 0.1) is 20.3 Å². The molecule has 1 aliphatic heterocycles. The molecule has 1 aromatic rings. The standard InChI is InChI=1S/C13H18O3S/c1-15-10-3-4-12(16-2)11(7-10)13(14)9-5-6-17-8-9/h3-4,7,9,13-14H,5-6,8H2,1-2H3. The number of methoxy groups -OCH3 is 2. The molecule has 4 heteroatoms. The molecule has 1 N–H and O–H groups in total. The van der Waals surface area contributed by atoms with Gasteiger partial charge in [0.15, 0.2) is 0 Å². The van der Waals surface area contributed by atoms with Crippen LogP contribution in [0.4, 0.5) is 0 Å². The van der Waals surface area contributed by atoms with Gasteiger partial charge in [-0.25, -0.2) is 0 Å². The van der Waals surface area contributed by atoms with Crippen molar-refractivity contribution in [3.8, 4) is 11.5 Å². The summed E-state index contributed by atoms with van der Waals surface area (Å²) in [6.45, 7) is 0. The SMILES string of the molecule is COc1ccc(OC)c(C(O)C2CCSC2)c1. The van der Waals surface area contributed by atoms with Crippen LogP contribution in [0.15, 0.2) is 18.2 Å². The van der Waals surface area contributed by atoms with E-state index in [0.717, 1.165) is 35.0 Å². The van der Waals surface area contributed by atoms with Crippen molar-refractivity contribution in [3.63, 3.8) is 0 Å². The van der Waals surface area contributed by atoms with Crippen LogP contribution in [0.1, 0.15) is 18.1 Å². The Bertz CT molecular complexity index is 375. The van der Waals surface area contributed by atoms with E-state index >= 15 is 0 Å². The second-order valence-electron chi connectivity index (χ2n) is 4.18. The minimum absolute atomic E-state index is 0.320. The fourth-order valence-electron chi connectivity index (χ4n) is 2.13. The van der Waals surface area contributed by atoms with Gasteiger partial charge in [0.25, 0.3) is 0 Å². The number of ether oxygens (including phenoxy) is 2. The maximum atomic E-state index is 10.4. The molecule has 3 nitrogen and oxygen atoms in total. The van der Waals surface area contributed by atoms with Crippen molar-refractivity contribution < 1.29 is 14.6 Å². The summed E-state index contributed by atoms with van der Waals surface area (Å²) in [6, 6.07) is 5.56. The minimum atomic E-state index is -0.463.